The third-order valence-electron chi connectivity index (χ3n) is 3.54. The van der Waals surface area contributed by atoms with Crippen LogP contribution in [0.15, 0.2) is 53.3 Å². The fourth-order valence-electron chi connectivity index (χ4n) is 2.44. The number of pyridine rings is 1. The van der Waals surface area contributed by atoms with E-state index in [2.05, 4.69) is 74.3 Å². The van der Waals surface area contributed by atoms with Crippen molar-refractivity contribution in [1.29, 1.82) is 0 Å². The van der Waals surface area contributed by atoms with E-state index in [9.17, 15) is 0 Å². The molecule has 2 heterocycles. The Morgan fingerprint density at radius 2 is 2.10 bits per heavy atom. The quantitative estimate of drug-likeness (QED) is 0.759. The van der Waals surface area contributed by atoms with Crippen LogP contribution in [-0.4, -0.2) is 16.1 Å². The second kappa shape index (κ2) is 6.41. The molecule has 0 amide bonds. The van der Waals surface area contributed by atoms with E-state index in [1.165, 1.54) is 16.5 Å². The van der Waals surface area contributed by atoms with Gasteiger partial charge in [0, 0.05) is 28.9 Å². The van der Waals surface area contributed by atoms with E-state index in [0.717, 1.165) is 29.8 Å². The highest BCUT2D eigenvalue weighted by Crippen LogP contribution is 2.19. The van der Waals surface area contributed by atoms with Gasteiger partial charge in [0.1, 0.15) is 0 Å². The summed E-state index contributed by atoms with van der Waals surface area (Å²) in [5.41, 5.74) is 3.64. The van der Waals surface area contributed by atoms with Crippen LogP contribution >= 0.6 is 15.9 Å². The molecule has 3 aromatic rings. The summed E-state index contributed by atoms with van der Waals surface area (Å²) in [7, 11) is 0. The summed E-state index contributed by atoms with van der Waals surface area (Å²) >= 11 is 3.42. The first kappa shape index (κ1) is 14.3. The molecule has 0 aliphatic rings. The molecule has 1 aromatic carbocycles. The van der Waals surface area contributed by atoms with Crippen molar-refractivity contribution in [2.45, 2.75) is 20.0 Å². The van der Waals surface area contributed by atoms with Crippen LogP contribution in [0.3, 0.4) is 0 Å². The van der Waals surface area contributed by atoms with Crippen LogP contribution < -0.4 is 5.32 Å². The van der Waals surface area contributed by atoms with Crippen molar-refractivity contribution in [1.82, 2.24) is 14.9 Å². The number of nitrogens with one attached hydrogen (secondary N) is 1. The van der Waals surface area contributed by atoms with Gasteiger partial charge in [-0.05, 0) is 63.8 Å². The van der Waals surface area contributed by atoms with E-state index in [0.29, 0.717) is 0 Å². The molecule has 0 fully saturated rings. The van der Waals surface area contributed by atoms with Gasteiger partial charge in [-0.2, -0.15) is 0 Å². The summed E-state index contributed by atoms with van der Waals surface area (Å²) in [6.07, 6.45) is 3.97. The van der Waals surface area contributed by atoms with Crippen LogP contribution in [0.25, 0.3) is 10.9 Å². The van der Waals surface area contributed by atoms with Crippen molar-refractivity contribution >= 4 is 26.8 Å². The summed E-state index contributed by atoms with van der Waals surface area (Å²) in [6, 6.07) is 12.9. The Morgan fingerprint density at radius 3 is 2.86 bits per heavy atom. The zero-order valence-corrected chi connectivity index (χ0v) is 13.6. The molecule has 0 spiro atoms. The lowest BCUT2D eigenvalue weighted by atomic mass is 10.1. The molecule has 21 heavy (non-hydrogen) atoms. The molecule has 0 saturated carbocycles. The second-order valence-corrected chi connectivity index (χ2v) is 6.00. The number of benzene rings is 1. The number of nitrogens with zero attached hydrogens (tertiary/aromatic N) is 2. The van der Waals surface area contributed by atoms with Crippen LogP contribution in [0.5, 0.6) is 0 Å². The number of hydrogen-bond acceptors (Lipinski definition) is 2. The second-order valence-electron chi connectivity index (χ2n) is 5.08. The van der Waals surface area contributed by atoms with E-state index in [-0.39, 0.29) is 0 Å². The maximum absolute atomic E-state index is 4.44. The first-order chi connectivity index (χ1) is 10.3. The largest absolute Gasteiger partial charge is 0.341 e. The van der Waals surface area contributed by atoms with Gasteiger partial charge in [0.25, 0.3) is 0 Å². The van der Waals surface area contributed by atoms with E-state index >= 15 is 0 Å². The number of aromatic nitrogens is 2. The summed E-state index contributed by atoms with van der Waals surface area (Å²) < 4.78 is 3.25. The minimum atomic E-state index is 0.795. The highest BCUT2D eigenvalue weighted by atomic mass is 79.9. The lowest BCUT2D eigenvalue weighted by Crippen LogP contribution is -2.11. The van der Waals surface area contributed by atoms with E-state index < -0.39 is 0 Å². The average molecular weight is 344 g/mol. The van der Waals surface area contributed by atoms with Crippen molar-refractivity contribution in [2.75, 3.05) is 6.54 Å². The van der Waals surface area contributed by atoms with Crippen LogP contribution in [0, 0.1) is 0 Å². The third-order valence-corrected chi connectivity index (χ3v) is 4.00. The van der Waals surface area contributed by atoms with Crippen molar-refractivity contribution in [3.05, 3.63) is 64.5 Å². The topological polar surface area (TPSA) is 29.9 Å². The fourth-order valence-corrected chi connectivity index (χ4v) is 2.68. The lowest BCUT2D eigenvalue weighted by Gasteiger charge is -2.07. The maximum Gasteiger partial charge on any atom is 0.0648 e. The number of hydrogen-bond donors (Lipinski definition) is 1. The van der Waals surface area contributed by atoms with Gasteiger partial charge in [-0.15, -0.1) is 0 Å². The minimum absolute atomic E-state index is 0.795. The Hall–Kier alpha value is -1.65. The van der Waals surface area contributed by atoms with E-state index in [1.54, 1.807) is 0 Å². The number of halogens is 1. The van der Waals surface area contributed by atoms with Crippen LogP contribution in [0.2, 0.25) is 0 Å². The Bertz CT molecular complexity index is 731. The molecule has 0 aliphatic heterocycles. The average Bonchev–Trinajstić information content (AvgIpc) is 2.90. The van der Waals surface area contributed by atoms with Gasteiger partial charge in [-0.3, -0.25) is 4.98 Å². The molecule has 4 heteroatoms. The maximum atomic E-state index is 4.44. The van der Waals surface area contributed by atoms with Gasteiger partial charge >= 0.3 is 0 Å². The molecule has 0 aliphatic carbocycles. The van der Waals surface area contributed by atoms with Crippen LogP contribution in [0.4, 0.5) is 0 Å². The predicted octanol–water partition coefficient (Wildman–Crippen LogP) is 3.96. The van der Waals surface area contributed by atoms with E-state index in [4.69, 9.17) is 0 Å². The van der Waals surface area contributed by atoms with Gasteiger partial charge in [0.05, 0.1) is 12.2 Å². The van der Waals surface area contributed by atoms with Gasteiger partial charge in [0.2, 0.25) is 0 Å². The molecule has 3 rings (SSSR count). The lowest BCUT2D eigenvalue weighted by molar-refractivity contribution is 0.727. The third kappa shape index (κ3) is 3.34. The molecule has 0 radical (unpaired) electrons. The molecule has 1 N–H and O–H groups in total. The fraction of sp³-hybridized carbons (Fsp3) is 0.235. The predicted molar refractivity (Wildman–Crippen MR) is 90.4 cm³/mol. The summed E-state index contributed by atoms with van der Waals surface area (Å²) in [6.45, 7) is 4.84. The molecule has 0 atom stereocenters. The summed E-state index contributed by atoms with van der Waals surface area (Å²) in [5, 5.41) is 4.64. The van der Waals surface area contributed by atoms with Crippen molar-refractivity contribution < 1.29 is 0 Å². The van der Waals surface area contributed by atoms with Gasteiger partial charge in [-0.25, -0.2) is 0 Å². The zero-order valence-electron chi connectivity index (χ0n) is 12.0. The Kier molecular flexibility index (Phi) is 4.36. The van der Waals surface area contributed by atoms with Crippen molar-refractivity contribution in [3.8, 4) is 0 Å². The number of fused-ring (bicyclic) bond motifs is 1. The molecule has 0 saturated heterocycles. The van der Waals surface area contributed by atoms with Crippen molar-refractivity contribution in [3.63, 3.8) is 0 Å². The number of rotatable bonds is 5. The monoisotopic (exact) mass is 343 g/mol. The van der Waals surface area contributed by atoms with E-state index in [1.807, 2.05) is 12.3 Å². The molecule has 3 nitrogen and oxygen atoms in total. The first-order valence-corrected chi connectivity index (χ1v) is 7.94. The van der Waals surface area contributed by atoms with Gasteiger partial charge in [0.15, 0.2) is 0 Å². The molecule has 0 unspecified atom stereocenters. The zero-order chi connectivity index (χ0) is 14.7. The highest BCUT2D eigenvalue weighted by molar-refractivity contribution is 9.10. The smallest absolute Gasteiger partial charge is 0.0648 e. The van der Waals surface area contributed by atoms with Gasteiger partial charge < -0.3 is 9.88 Å². The SMILES string of the molecule is CCNCc1ccc2c(ccn2Cc2ccc(Br)cn2)c1. The summed E-state index contributed by atoms with van der Waals surface area (Å²) in [4.78, 5) is 4.44. The van der Waals surface area contributed by atoms with Crippen LogP contribution in [0.1, 0.15) is 18.2 Å². The Balaban J connectivity index is 1.84. The molecule has 108 valence electrons. The summed E-state index contributed by atoms with van der Waals surface area (Å²) in [5.74, 6) is 0. The highest BCUT2D eigenvalue weighted by Gasteiger charge is 2.04. The molecule has 0 bridgehead atoms. The Labute approximate surface area is 133 Å². The molecular formula is C17H18BrN3. The molecule has 2 aromatic heterocycles. The normalized spacial score (nSPS) is 11.1. The molecular weight excluding hydrogens is 326 g/mol. The Morgan fingerprint density at radius 1 is 1.19 bits per heavy atom. The minimum Gasteiger partial charge on any atom is -0.341 e. The standard InChI is InChI=1S/C17H18BrN3/c1-2-19-10-13-3-6-17-14(9-13)7-8-21(17)12-16-5-4-15(18)11-20-16/h3-9,11,19H,2,10,12H2,1H3. The van der Waals surface area contributed by atoms with Gasteiger partial charge in [-0.1, -0.05) is 13.0 Å². The van der Waals surface area contributed by atoms with Crippen LogP contribution in [-0.2, 0) is 13.1 Å². The van der Waals surface area contributed by atoms with Crippen molar-refractivity contribution in [2.24, 2.45) is 0 Å². The first-order valence-electron chi connectivity index (χ1n) is 7.15.